The zero-order valence-corrected chi connectivity index (χ0v) is 9.09. The van der Waals surface area contributed by atoms with E-state index in [1.165, 1.54) is 4.90 Å². The second-order valence-corrected chi connectivity index (χ2v) is 3.96. The monoisotopic (exact) mass is 239 g/mol. The summed E-state index contributed by atoms with van der Waals surface area (Å²) in [6.45, 7) is 0.925. The molecular formula is C9H13N5O3. The zero-order valence-electron chi connectivity index (χ0n) is 9.09. The van der Waals surface area contributed by atoms with E-state index < -0.39 is 5.97 Å². The summed E-state index contributed by atoms with van der Waals surface area (Å²) in [5.41, 5.74) is 5.50. The number of carbonyl (C=O) groups is 2. The van der Waals surface area contributed by atoms with Crippen molar-refractivity contribution in [2.45, 2.75) is 12.8 Å². The van der Waals surface area contributed by atoms with Crippen molar-refractivity contribution in [3.05, 3.63) is 5.82 Å². The fourth-order valence-electron chi connectivity index (χ4n) is 1.76. The molecule has 8 heteroatoms. The molecule has 1 aromatic rings. The lowest BCUT2D eigenvalue weighted by molar-refractivity contribution is -0.136. The Hall–Kier alpha value is -1.96. The molecule has 0 aromatic carbocycles. The molecule has 2 heterocycles. The number of amides is 1. The molecule has 17 heavy (non-hydrogen) atoms. The largest absolute Gasteiger partial charge is 0.481 e. The molecule has 0 bridgehead atoms. The van der Waals surface area contributed by atoms with Gasteiger partial charge in [-0.25, -0.2) is 0 Å². The Kier molecular flexibility index (Phi) is 3.05. The number of hydrogen-bond donors (Lipinski definition) is 3. The number of nitrogens with one attached hydrogen (secondary N) is 1. The second-order valence-electron chi connectivity index (χ2n) is 3.96. The van der Waals surface area contributed by atoms with Gasteiger partial charge in [0, 0.05) is 13.0 Å². The quantitative estimate of drug-likeness (QED) is 0.602. The van der Waals surface area contributed by atoms with Crippen LogP contribution in [0.1, 0.15) is 12.2 Å². The van der Waals surface area contributed by atoms with Gasteiger partial charge in [-0.2, -0.15) is 4.98 Å². The summed E-state index contributed by atoms with van der Waals surface area (Å²) in [5.74, 6) is -0.510. The van der Waals surface area contributed by atoms with E-state index >= 15 is 0 Å². The molecule has 2 rings (SSSR count). The van der Waals surface area contributed by atoms with Crippen LogP contribution in [-0.4, -0.2) is 45.3 Å². The number of carboxylic acids is 1. The van der Waals surface area contributed by atoms with Crippen LogP contribution in [0.4, 0.5) is 5.95 Å². The van der Waals surface area contributed by atoms with E-state index in [0.29, 0.717) is 19.5 Å². The molecular weight excluding hydrogens is 226 g/mol. The maximum absolute atomic E-state index is 11.6. The van der Waals surface area contributed by atoms with Crippen molar-refractivity contribution in [1.29, 1.82) is 0 Å². The minimum atomic E-state index is -1.000. The summed E-state index contributed by atoms with van der Waals surface area (Å²) in [6, 6.07) is 0. The summed E-state index contributed by atoms with van der Waals surface area (Å²) in [4.78, 5) is 27.5. The number of hydrogen-bond acceptors (Lipinski definition) is 5. The van der Waals surface area contributed by atoms with E-state index in [1.807, 2.05) is 0 Å². The number of nitrogens with two attached hydrogens (primary N) is 1. The number of carboxylic acid groups (broad SMARTS) is 1. The van der Waals surface area contributed by atoms with E-state index in [0.717, 1.165) is 0 Å². The molecule has 1 saturated heterocycles. The molecule has 0 aliphatic carbocycles. The van der Waals surface area contributed by atoms with Gasteiger partial charge in [0.1, 0.15) is 12.2 Å². The lowest BCUT2D eigenvalue weighted by Gasteiger charge is -2.10. The van der Waals surface area contributed by atoms with Gasteiger partial charge in [-0.1, -0.05) is 0 Å². The molecule has 8 nitrogen and oxygen atoms in total. The minimum Gasteiger partial charge on any atom is -0.481 e. The minimum absolute atomic E-state index is 0.0821. The summed E-state index contributed by atoms with van der Waals surface area (Å²) < 4.78 is 0. The Balaban J connectivity index is 2.10. The van der Waals surface area contributed by atoms with Crippen LogP contribution < -0.4 is 10.6 Å². The van der Waals surface area contributed by atoms with E-state index in [1.54, 1.807) is 0 Å². The Morgan fingerprint density at radius 3 is 3.00 bits per heavy atom. The van der Waals surface area contributed by atoms with Crippen molar-refractivity contribution in [3.8, 4) is 0 Å². The normalized spacial score (nSPS) is 19.9. The van der Waals surface area contributed by atoms with Crippen molar-refractivity contribution < 1.29 is 14.7 Å². The van der Waals surface area contributed by atoms with Gasteiger partial charge in [-0.15, -0.1) is 5.10 Å². The molecule has 92 valence electrons. The number of nitrogens with zero attached hydrogens (tertiary/aromatic N) is 3. The van der Waals surface area contributed by atoms with E-state index in [9.17, 15) is 9.59 Å². The second kappa shape index (κ2) is 4.50. The van der Waals surface area contributed by atoms with Crippen LogP contribution in [0, 0.1) is 5.92 Å². The van der Waals surface area contributed by atoms with Crippen LogP contribution in [0.25, 0.3) is 0 Å². The number of aromatic nitrogens is 3. The van der Waals surface area contributed by atoms with Gasteiger partial charge < -0.3 is 10.8 Å². The standard InChI is InChI=1S/C9H13N5O3/c10-3-5-1-7(15)14(4-5)9-11-6(12-13-9)2-8(16)17/h5H,1-4,10H2,(H,16,17)(H,11,12,13). The van der Waals surface area contributed by atoms with Crippen LogP contribution in [-0.2, 0) is 16.0 Å². The molecule has 1 aromatic heterocycles. The smallest absolute Gasteiger partial charge is 0.311 e. The Morgan fingerprint density at radius 2 is 2.41 bits per heavy atom. The SMILES string of the molecule is NCC1CC(=O)N(c2n[nH]c(CC(=O)O)n2)C1. The lowest BCUT2D eigenvalue weighted by atomic mass is 10.1. The number of carbonyl (C=O) groups excluding carboxylic acids is 1. The topological polar surface area (TPSA) is 125 Å². The highest BCUT2D eigenvalue weighted by Gasteiger charge is 2.32. The zero-order chi connectivity index (χ0) is 12.4. The summed E-state index contributed by atoms with van der Waals surface area (Å²) in [7, 11) is 0. The molecule has 0 saturated carbocycles. The van der Waals surface area contributed by atoms with E-state index in [-0.39, 0.29) is 30.0 Å². The first-order chi connectivity index (χ1) is 8.10. The predicted molar refractivity (Wildman–Crippen MR) is 57.2 cm³/mol. The average molecular weight is 239 g/mol. The summed E-state index contributed by atoms with van der Waals surface area (Å²) >= 11 is 0. The third-order valence-electron chi connectivity index (χ3n) is 2.62. The average Bonchev–Trinajstić information content (AvgIpc) is 2.83. The van der Waals surface area contributed by atoms with E-state index in [4.69, 9.17) is 10.8 Å². The molecule has 0 radical (unpaired) electrons. The molecule has 0 spiro atoms. The number of aliphatic carboxylic acids is 1. The lowest BCUT2D eigenvalue weighted by Crippen LogP contribution is -2.26. The first kappa shape index (κ1) is 11.5. The maximum Gasteiger partial charge on any atom is 0.311 e. The van der Waals surface area contributed by atoms with Gasteiger partial charge >= 0.3 is 5.97 Å². The molecule has 1 atom stereocenters. The highest BCUT2D eigenvalue weighted by molar-refractivity contribution is 5.94. The Labute approximate surface area is 96.8 Å². The van der Waals surface area contributed by atoms with Gasteiger partial charge in [0.25, 0.3) is 5.95 Å². The number of anilines is 1. The van der Waals surface area contributed by atoms with Crippen molar-refractivity contribution in [3.63, 3.8) is 0 Å². The predicted octanol–water partition coefficient (Wildman–Crippen LogP) is -1.26. The van der Waals surface area contributed by atoms with Gasteiger partial charge in [-0.05, 0) is 12.5 Å². The molecule has 1 unspecified atom stereocenters. The van der Waals surface area contributed by atoms with Gasteiger partial charge in [0.15, 0.2) is 0 Å². The number of aromatic amines is 1. The van der Waals surface area contributed by atoms with Crippen LogP contribution in [0.15, 0.2) is 0 Å². The first-order valence-corrected chi connectivity index (χ1v) is 5.23. The molecule has 4 N–H and O–H groups in total. The summed E-state index contributed by atoms with van der Waals surface area (Å²) in [5, 5.41) is 14.9. The van der Waals surface area contributed by atoms with Crippen LogP contribution in [0.3, 0.4) is 0 Å². The molecule has 1 amide bonds. The van der Waals surface area contributed by atoms with Crippen LogP contribution >= 0.6 is 0 Å². The Bertz CT molecular complexity index is 444. The van der Waals surface area contributed by atoms with Crippen LogP contribution in [0.2, 0.25) is 0 Å². The third kappa shape index (κ3) is 2.41. The first-order valence-electron chi connectivity index (χ1n) is 5.23. The molecule has 1 aliphatic heterocycles. The summed E-state index contributed by atoms with van der Waals surface area (Å²) in [6.07, 6.45) is 0.147. The van der Waals surface area contributed by atoms with Crippen molar-refractivity contribution >= 4 is 17.8 Å². The Morgan fingerprint density at radius 1 is 1.65 bits per heavy atom. The number of rotatable bonds is 4. The van der Waals surface area contributed by atoms with E-state index in [2.05, 4.69) is 15.2 Å². The van der Waals surface area contributed by atoms with Crippen LogP contribution in [0.5, 0.6) is 0 Å². The highest BCUT2D eigenvalue weighted by atomic mass is 16.4. The van der Waals surface area contributed by atoms with Gasteiger partial charge in [0.2, 0.25) is 5.91 Å². The highest BCUT2D eigenvalue weighted by Crippen LogP contribution is 2.21. The fraction of sp³-hybridized carbons (Fsp3) is 0.556. The third-order valence-corrected chi connectivity index (χ3v) is 2.62. The van der Waals surface area contributed by atoms with Gasteiger partial charge in [0.05, 0.1) is 0 Å². The van der Waals surface area contributed by atoms with Crippen molar-refractivity contribution in [1.82, 2.24) is 15.2 Å². The number of H-pyrrole nitrogens is 1. The van der Waals surface area contributed by atoms with Crippen molar-refractivity contribution in [2.75, 3.05) is 18.0 Å². The van der Waals surface area contributed by atoms with Gasteiger partial charge in [-0.3, -0.25) is 19.6 Å². The molecule has 1 aliphatic rings. The maximum atomic E-state index is 11.6. The molecule has 1 fully saturated rings. The fourth-order valence-corrected chi connectivity index (χ4v) is 1.76. The van der Waals surface area contributed by atoms with Crippen molar-refractivity contribution in [2.24, 2.45) is 11.7 Å².